The van der Waals surface area contributed by atoms with Gasteiger partial charge in [0.15, 0.2) is 0 Å². The lowest BCUT2D eigenvalue weighted by Crippen LogP contribution is -2.37. The van der Waals surface area contributed by atoms with Crippen LogP contribution in [0.5, 0.6) is 5.88 Å². The first kappa shape index (κ1) is 14.8. The van der Waals surface area contributed by atoms with E-state index in [2.05, 4.69) is 31.0 Å². The van der Waals surface area contributed by atoms with Crippen molar-refractivity contribution in [3.8, 4) is 5.88 Å². The zero-order valence-electron chi connectivity index (χ0n) is 12.2. The Morgan fingerprint density at radius 1 is 1.45 bits per heavy atom. The number of hydrogen-bond acceptors (Lipinski definition) is 4. The van der Waals surface area contributed by atoms with Gasteiger partial charge in [0.05, 0.1) is 6.20 Å². The molecule has 0 aromatic carbocycles. The van der Waals surface area contributed by atoms with Gasteiger partial charge in [-0.15, -0.1) is 5.10 Å². The molecular formula is C15H22N2O3. The van der Waals surface area contributed by atoms with Gasteiger partial charge >= 0.3 is 5.97 Å². The van der Waals surface area contributed by atoms with E-state index in [1.807, 2.05) is 0 Å². The normalized spacial score (nSPS) is 26.5. The summed E-state index contributed by atoms with van der Waals surface area (Å²) in [5, 5.41) is 16.8. The Morgan fingerprint density at radius 3 is 2.85 bits per heavy atom. The Balaban J connectivity index is 2.20. The Kier molecular flexibility index (Phi) is 4.57. The summed E-state index contributed by atoms with van der Waals surface area (Å²) in [6.07, 6.45) is 4.66. The molecule has 3 unspecified atom stereocenters. The molecule has 1 saturated carbocycles. The maximum absolute atomic E-state index is 11.2. The molecule has 1 N–H and O–H groups in total. The molecule has 1 aromatic rings. The molecular weight excluding hydrogens is 256 g/mol. The highest BCUT2D eigenvalue weighted by Gasteiger charge is 2.33. The van der Waals surface area contributed by atoms with Crippen molar-refractivity contribution in [2.24, 2.45) is 17.8 Å². The maximum atomic E-state index is 11.2. The third-order valence-electron chi connectivity index (χ3n) is 4.14. The third kappa shape index (κ3) is 3.26. The lowest BCUT2D eigenvalue weighted by Gasteiger charge is -2.37. The molecule has 0 spiro atoms. The quantitative estimate of drug-likeness (QED) is 0.916. The molecule has 1 heterocycles. The SMILES string of the molecule is CC1CCC(C(C)C)C(Oc2nnccc2C(=O)O)C1. The van der Waals surface area contributed by atoms with E-state index < -0.39 is 5.97 Å². The van der Waals surface area contributed by atoms with E-state index in [0.717, 1.165) is 12.8 Å². The van der Waals surface area contributed by atoms with Crippen molar-refractivity contribution in [2.75, 3.05) is 0 Å². The lowest BCUT2D eigenvalue weighted by atomic mass is 9.75. The number of nitrogens with zero attached hydrogens (tertiary/aromatic N) is 2. The van der Waals surface area contributed by atoms with Crippen LogP contribution in [0.3, 0.4) is 0 Å². The number of carboxylic acids is 1. The van der Waals surface area contributed by atoms with E-state index >= 15 is 0 Å². The summed E-state index contributed by atoms with van der Waals surface area (Å²) in [7, 11) is 0. The van der Waals surface area contributed by atoms with Crippen LogP contribution in [0, 0.1) is 17.8 Å². The minimum absolute atomic E-state index is 0.0218. The fraction of sp³-hybridized carbons (Fsp3) is 0.667. The van der Waals surface area contributed by atoms with Gasteiger partial charge in [-0.05, 0) is 36.7 Å². The van der Waals surface area contributed by atoms with Crippen LogP contribution in [0.1, 0.15) is 50.4 Å². The van der Waals surface area contributed by atoms with E-state index in [1.165, 1.54) is 18.7 Å². The van der Waals surface area contributed by atoms with Gasteiger partial charge < -0.3 is 9.84 Å². The first-order valence-electron chi connectivity index (χ1n) is 7.20. The van der Waals surface area contributed by atoms with Crippen LogP contribution < -0.4 is 4.74 Å². The highest BCUT2D eigenvalue weighted by molar-refractivity contribution is 5.89. The van der Waals surface area contributed by atoms with Gasteiger partial charge in [-0.2, -0.15) is 5.10 Å². The summed E-state index contributed by atoms with van der Waals surface area (Å²) in [6, 6.07) is 1.43. The van der Waals surface area contributed by atoms with Crippen LogP contribution >= 0.6 is 0 Å². The molecule has 0 aliphatic heterocycles. The highest BCUT2D eigenvalue weighted by atomic mass is 16.5. The van der Waals surface area contributed by atoms with Crippen molar-refractivity contribution in [1.82, 2.24) is 10.2 Å². The smallest absolute Gasteiger partial charge is 0.341 e. The molecule has 1 aliphatic carbocycles. The van der Waals surface area contributed by atoms with Crippen LogP contribution in [-0.2, 0) is 0 Å². The fourth-order valence-corrected chi connectivity index (χ4v) is 2.96. The van der Waals surface area contributed by atoms with Gasteiger partial charge in [0.25, 0.3) is 0 Å². The average Bonchev–Trinajstić information content (AvgIpc) is 2.38. The second-order valence-corrected chi connectivity index (χ2v) is 6.04. The van der Waals surface area contributed by atoms with Crippen molar-refractivity contribution in [2.45, 2.75) is 46.1 Å². The third-order valence-corrected chi connectivity index (χ3v) is 4.14. The van der Waals surface area contributed by atoms with Gasteiger partial charge in [0.1, 0.15) is 11.7 Å². The van der Waals surface area contributed by atoms with Crippen LogP contribution in [0.4, 0.5) is 0 Å². The highest BCUT2D eigenvalue weighted by Crippen LogP contribution is 2.36. The lowest BCUT2D eigenvalue weighted by molar-refractivity contribution is 0.0396. The predicted octanol–water partition coefficient (Wildman–Crippen LogP) is 3.01. The zero-order chi connectivity index (χ0) is 14.7. The van der Waals surface area contributed by atoms with Crippen molar-refractivity contribution >= 4 is 5.97 Å². The monoisotopic (exact) mass is 278 g/mol. The van der Waals surface area contributed by atoms with Gasteiger partial charge in [-0.25, -0.2) is 4.79 Å². The summed E-state index contributed by atoms with van der Waals surface area (Å²) >= 11 is 0. The minimum Gasteiger partial charge on any atom is -0.477 e. The molecule has 3 atom stereocenters. The average molecular weight is 278 g/mol. The Bertz CT molecular complexity index is 476. The second-order valence-electron chi connectivity index (χ2n) is 6.04. The zero-order valence-corrected chi connectivity index (χ0v) is 12.2. The van der Waals surface area contributed by atoms with E-state index in [-0.39, 0.29) is 17.5 Å². The largest absolute Gasteiger partial charge is 0.477 e. The number of aromatic nitrogens is 2. The summed E-state index contributed by atoms with van der Waals surface area (Å²) in [5.41, 5.74) is 0.0840. The predicted molar refractivity (Wildman–Crippen MR) is 74.8 cm³/mol. The molecule has 5 heteroatoms. The van der Waals surface area contributed by atoms with Crippen LogP contribution in [0.15, 0.2) is 12.3 Å². The second kappa shape index (κ2) is 6.20. The summed E-state index contributed by atoms with van der Waals surface area (Å²) in [4.78, 5) is 11.2. The molecule has 0 bridgehead atoms. The first-order chi connectivity index (χ1) is 9.49. The molecule has 0 amide bonds. The molecule has 1 aromatic heterocycles. The summed E-state index contributed by atoms with van der Waals surface area (Å²) in [5.74, 6) is 0.664. The topological polar surface area (TPSA) is 72.3 Å². The van der Waals surface area contributed by atoms with Gasteiger partial charge in [0, 0.05) is 0 Å². The standard InChI is InChI=1S/C15H22N2O3/c1-9(2)11-5-4-10(3)8-13(11)20-14-12(15(18)19)6-7-16-17-14/h6-7,9-11,13H,4-5,8H2,1-3H3,(H,18,19). The van der Waals surface area contributed by atoms with Crippen LogP contribution in [-0.4, -0.2) is 27.4 Å². The Morgan fingerprint density at radius 2 is 2.20 bits per heavy atom. The number of ether oxygens (including phenoxy) is 1. The first-order valence-corrected chi connectivity index (χ1v) is 7.20. The molecule has 2 rings (SSSR count). The Labute approximate surface area is 119 Å². The minimum atomic E-state index is -1.03. The summed E-state index contributed by atoms with van der Waals surface area (Å²) in [6.45, 7) is 6.58. The molecule has 0 saturated heterocycles. The number of rotatable bonds is 4. The van der Waals surface area contributed by atoms with E-state index in [0.29, 0.717) is 17.8 Å². The molecule has 0 radical (unpaired) electrons. The number of carboxylic acid groups (broad SMARTS) is 1. The molecule has 5 nitrogen and oxygen atoms in total. The van der Waals surface area contributed by atoms with Crippen molar-refractivity contribution in [1.29, 1.82) is 0 Å². The maximum Gasteiger partial charge on any atom is 0.341 e. The number of aromatic carboxylic acids is 1. The molecule has 1 aliphatic rings. The van der Waals surface area contributed by atoms with E-state index in [9.17, 15) is 9.90 Å². The molecule has 1 fully saturated rings. The number of hydrogen-bond donors (Lipinski definition) is 1. The van der Waals surface area contributed by atoms with Crippen LogP contribution in [0.25, 0.3) is 0 Å². The Hall–Kier alpha value is -1.65. The van der Waals surface area contributed by atoms with Gasteiger partial charge in [0.2, 0.25) is 5.88 Å². The van der Waals surface area contributed by atoms with Gasteiger partial charge in [-0.3, -0.25) is 0 Å². The fourth-order valence-electron chi connectivity index (χ4n) is 2.96. The van der Waals surface area contributed by atoms with Gasteiger partial charge in [-0.1, -0.05) is 27.2 Å². The number of carbonyl (C=O) groups is 1. The molecule has 20 heavy (non-hydrogen) atoms. The summed E-state index contributed by atoms with van der Waals surface area (Å²) < 4.78 is 5.94. The van der Waals surface area contributed by atoms with Crippen molar-refractivity contribution in [3.63, 3.8) is 0 Å². The van der Waals surface area contributed by atoms with Crippen molar-refractivity contribution < 1.29 is 14.6 Å². The van der Waals surface area contributed by atoms with E-state index in [1.54, 1.807) is 0 Å². The van der Waals surface area contributed by atoms with E-state index in [4.69, 9.17) is 4.74 Å². The van der Waals surface area contributed by atoms with Crippen LogP contribution in [0.2, 0.25) is 0 Å². The van der Waals surface area contributed by atoms with Crippen molar-refractivity contribution in [3.05, 3.63) is 17.8 Å². The molecule has 110 valence electrons.